The van der Waals surface area contributed by atoms with E-state index in [2.05, 4.69) is 31.9 Å². The van der Waals surface area contributed by atoms with E-state index in [4.69, 9.17) is 0 Å². The highest BCUT2D eigenvalue weighted by molar-refractivity contribution is 9.10. The topological polar surface area (TPSA) is 20.3 Å². The zero-order valence-electron chi connectivity index (χ0n) is 7.96. The first-order valence-electron chi connectivity index (χ1n) is 4.15. The maximum atomic E-state index is 11.8. The summed E-state index contributed by atoms with van der Waals surface area (Å²) in [6.07, 6.45) is 0. The number of hydrogen-bond donors (Lipinski definition) is 0. The largest absolute Gasteiger partial charge is 0.340 e. The van der Waals surface area contributed by atoms with Gasteiger partial charge in [0.25, 0.3) is 5.91 Å². The predicted octanol–water partition coefficient (Wildman–Crippen LogP) is 3.37. The second-order valence-electron chi connectivity index (χ2n) is 3.06. The first-order valence-corrected chi connectivity index (χ1v) is 6.73. The number of thiophene rings is 1. The number of nitrogens with zero attached hydrogens (tertiary/aromatic N) is 1. The maximum Gasteiger partial charge on any atom is 0.264 e. The molecule has 2 nitrogen and oxygen atoms in total. The fraction of sp³-hybridized carbons (Fsp3) is 0.444. The molecule has 1 aromatic heterocycles. The highest BCUT2D eigenvalue weighted by Crippen LogP contribution is 2.24. The average molecular weight is 341 g/mol. The summed E-state index contributed by atoms with van der Waals surface area (Å²) in [6.45, 7) is 2.73. The van der Waals surface area contributed by atoms with Crippen molar-refractivity contribution in [1.29, 1.82) is 0 Å². The quantitative estimate of drug-likeness (QED) is 0.772. The molecule has 0 aliphatic heterocycles. The maximum absolute atomic E-state index is 11.8. The van der Waals surface area contributed by atoms with Gasteiger partial charge in [-0.15, -0.1) is 11.3 Å². The minimum absolute atomic E-state index is 0.0678. The van der Waals surface area contributed by atoms with E-state index in [9.17, 15) is 4.79 Å². The van der Waals surface area contributed by atoms with Crippen LogP contribution in [0.5, 0.6) is 0 Å². The van der Waals surface area contributed by atoms with Gasteiger partial charge in [-0.2, -0.15) is 0 Å². The lowest BCUT2D eigenvalue weighted by molar-refractivity contribution is 0.0801. The van der Waals surface area contributed by atoms with Crippen LogP contribution in [-0.4, -0.2) is 29.2 Å². The predicted molar refractivity (Wildman–Crippen MR) is 67.4 cm³/mol. The van der Waals surface area contributed by atoms with E-state index in [1.165, 1.54) is 11.3 Å². The van der Waals surface area contributed by atoms with Gasteiger partial charge in [0.1, 0.15) is 4.88 Å². The van der Waals surface area contributed by atoms with Crippen molar-refractivity contribution in [2.24, 2.45) is 0 Å². The van der Waals surface area contributed by atoms with Gasteiger partial charge in [-0.05, 0) is 27.4 Å². The smallest absolute Gasteiger partial charge is 0.264 e. The van der Waals surface area contributed by atoms with Crippen molar-refractivity contribution in [2.75, 3.05) is 13.6 Å². The molecule has 0 saturated carbocycles. The second kappa shape index (κ2) is 5.28. The molecule has 0 aliphatic rings. The number of rotatable bonds is 3. The van der Waals surface area contributed by atoms with Crippen LogP contribution in [0.2, 0.25) is 0 Å². The SMILES string of the molecule is CC(Br)CN(C)C(=O)c1sccc1Br. The third-order valence-electron chi connectivity index (χ3n) is 1.68. The van der Waals surface area contributed by atoms with E-state index in [0.29, 0.717) is 11.4 Å². The van der Waals surface area contributed by atoms with Crippen LogP contribution < -0.4 is 0 Å². The van der Waals surface area contributed by atoms with Crippen LogP contribution in [0.3, 0.4) is 0 Å². The lowest BCUT2D eigenvalue weighted by Gasteiger charge is -2.17. The third kappa shape index (κ3) is 3.07. The first kappa shape index (κ1) is 12.2. The van der Waals surface area contributed by atoms with Crippen LogP contribution in [0, 0.1) is 0 Å². The molecule has 78 valence electrons. The minimum atomic E-state index is 0.0678. The molecule has 0 N–H and O–H groups in total. The summed E-state index contributed by atoms with van der Waals surface area (Å²) in [5.41, 5.74) is 0. The average Bonchev–Trinajstić information content (AvgIpc) is 2.48. The Kier molecular flexibility index (Phi) is 4.60. The van der Waals surface area contributed by atoms with Gasteiger partial charge in [-0.3, -0.25) is 4.79 Å². The van der Waals surface area contributed by atoms with Gasteiger partial charge < -0.3 is 4.90 Å². The summed E-state index contributed by atoms with van der Waals surface area (Å²) in [6, 6.07) is 1.89. The number of alkyl halides is 1. The van der Waals surface area contributed by atoms with Crippen molar-refractivity contribution >= 4 is 49.1 Å². The number of carbonyl (C=O) groups is 1. The van der Waals surface area contributed by atoms with Crippen molar-refractivity contribution in [3.8, 4) is 0 Å². The summed E-state index contributed by atoms with van der Waals surface area (Å²) >= 11 is 8.24. The molecule has 0 aromatic carbocycles. The molecule has 1 atom stereocenters. The Morgan fingerprint density at radius 1 is 1.71 bits per heavy atom. The van der Waals surface area contributed by atoms with Crippen LogP contribution in [-0.2, 0) is 0 Å². The molecular formula is C9H11Br2NOS. The molecule has 5 heteroatoms. The molecular weight excluding hydrogens is 330 g/mol. The molecule has 0 bridgehead atoms. The van der Waals surface area contributed by atoms with Crippen molar-refractivity contribution in [3.05, 3.63) is 20.8 Å². The summed E-state index contributed by atoms with van der Waals surface area (Å²) in [5, 5.41) is 1.91. The summed E-state index contributed by atoms with van der Waals surface area (Å²) in [5.74, 6) is 0.0678. The molecule has 1 rings (SSSR count). The Morgan fingerprint density at radius 3 is 2.79 bits per heavy atom. The van der Waals surface area contributed by atoms with Gasteiger partial charge in [0, 0.05) is 22.9 Å². The Bertz CT molecular complexity index is 324. The number of hydrogen-bond acceptors (Lipinski definition) is 2. The minimum Gasteiger partial charge on any atom is -0.340 e. The van der Waals surface area contributed by atoms with Gasteiger partial charge in [0.2, 0.25) is 0 Å². The molecule has 1 unspecified atom stereocenters. The molecule has 0 fully saturated rings. The third-order valence-corrected chi connectivity index (χ3v) is 3.80. The van der Waals surface area contributed by atoms with Gasteiger partial charge in [0.15, 0.2) is 0 Å². The van der Waals surface area contributed by atoms with Crippen LogP contribution in [0.1, 0.15) is 16.6 Å². The van der Waals surface area contributed by atoms with E-state index in [-0.39, 0.29) is 5.91 Å². The standard InChI is InChI=1S/C9H11Br2NOS/c1-6(10)5-12(2)9(13)8-7(11)3-4-14-8/h3-4,6H,5H2,1-2H3. The summed E-state index contributed by atoms with van der Waals surface area (Å²) in [4.78, 5) is 14.6. The molecule has 1 heterocycles. The normalized spacial score (nSPS) is 12.6. The summed E-state index contributed by atoms with van der Waals surface area (Å²) < 4.78 is 0.876. The summed E-state index contributed by atoms with van der Waals surface area (Å²) in [7, 11) is 1.81. The van der Waals surface area contributed by atoms with E-state index in [0.717, 1.165) is 9.35 Å². The molecule has 0 spiro atoms. The molecule has 0 saturated heterocycles. The zero-order chi connectivity index (χ0) is 10.7. The Morgan fingerprint density at radius 2 is 2.36 bits per heavy atom. The van der Waals surface area contributed by atoms with Crippen LogP contribution in [0.4, 0.5) is 0 Å². The highest BCUT2D eigenvalue weighted by Gasteiger charge is 2.16. The number of halogens is 2. The first-order chi connectivity index (χ1) is 6.52. The van der Waals surface area contributed by atoms with Gasteiger partial charge in [0.05, 0.1) is 0 Å². The van der Waals surface area contributed by atoms with Crippen LogP contribution in [0.15, 0.2) is 15.9 Å². The fourth-order valence-electron chi connectivity index (χ4n) is 1.08. The second-order valence-corrected chi connectivity index (χ2v) is 6.40. The number of amides is 1. The van der Waals surface area contributed by atoms with Crippen molar-refractivity contribution in [2.45, 2.75) is 11.8 Å². The lowest BCUT2D eigenvalue weighted by atomic mass is 10.4. The van der Waals surface area contributed by atoms with E-state index in [1.54, 1.807) is 4.90 Å². The lowest BCUT2D eigenvalue weighted by Crippen LogP contribution is -2.30. The van der Waals surface area contributed by atoms with E-state index < -0.39 is 0 Å². The fourth-order valence-corrected chi connectivity index (χ4v) is 3.05. The Hall–Kier alpha value is 0.130. The van der Waals surface area contributed by atoms with Crippen LogP contribution >= 0.6 is 43.2 Å². The zero-order valence-corrected chi connectivity index (χ0v) is 11.9. The Labute approximate surface area is 105 Å². The molecule has 1 aromatic rings. The molecule has 0 radical (unpaired) electrons. The van der Waals surface area contributed by atoms with E-state index >= 15 is 0 Å². The van der Waals surface area contributed by atoms with Crippen molar-refractivity contribution in [1.82, 2.24) is 4.90 Å². The highest BCUT2D eigenvalue weighted by atomic mass is 79.9. The molecule has 1 amide bonds. The van der Waals surface area contributed by atoms with Gasteiger partial charge in [-0.1, -0.05) is 22.9 Å². The van der Waals surface area contributed by atoms with Crippen LogP contribution in [0.25, 0.3) is 0 Å². The Balaban J connectivity index is 2.71. The van der Waals surface area contributed by atoms with Gasteiger partial charge >= 0.3 is 0 Å². The van der Waals surface area contributed by atoms with Gasteiger partial charge in [-0.25, -0.2) is 0 Å². The molecule has 14 heavy (non-hydrogen) atoms. The van der Waals surface area contributed by atoms with Crippen molar-refractivity contribution < 1.29 is 4.79 Å². The molecule has 0 aliphatic carbocycles. The van der Waals surface area contributed by atoms with E-state index in [1.807, 2.05) is 25.4 Å². The monoisotopic (exact) mass is 339 g/mol. The van der Waals surface area contributed by atoms with Crippen molar-refractivity contribution in [3.63, 3.8) is 0 Å². The number of carbonyl (C=O) groups excluding carboxylic acids is 1.